The third-order valence-corrected chi connectivity index (χ3v) is 2.65. The van der Waals surface area contributed by atoms with E-state index in [9.17, 15) is 4.79 Å². The molecule has 14 heavy (non-hydrogen) atoms. The Morgan fingerprint density at radius 2 is 2.43 bits per heavy atom. The van der Waals surface area contributed by atoms with Crippen LogP contribution in [0.15, 0.2) is 18.7 Å². The molecule has 0 amide bonds. The normalized spacial score (nSPS) is 10.6. The highest BCUT2D eigenvalue weighted by molar-refractivity contribution is 14.1. The summed E-state index contributed by atoms with van der Waals surface area (Å²) < 4.78 is 2.56. The number of rotatable bonds is 2. The summed E-state index contributed by atoms with van der Waals surface area (Å²) in [7, 11) is 0. The maximum Gasteiger partial charge on any atom is 0.323 e. The van der Waals surface area contributed by atoms with Crippen molar-refractivity contribution in [3.8, 4) is 0 Å². The van der Waals surface area contributed by atoms with Crippen LogP contribution in [0, 0.1) is 3.57 Å². The Morgan fingerprint density at radius 3 is 3.14 bits per heavy atom. The van der Waals surface area contributed by atoms with E-state index < -0.39 is 5.97 Å². The number of hydrogen-bond donors (Lipinski definition) is 1. The van der Waals surface area contributed by atoms with E-state index in [0.717, 1.165) is 8.96 Å². The van der Waals surface area contributed by atoms with Gasteiger partial charge in [-0.05, 0) is 22.6 Å². The number of carboxylic acid groups (broad SMARTS) is 1. The molecule has 6 heteroatoms. The first kappa shape index (κ1) is 9.38. The lowest BCUT2D eigenvalue weighted by atomic mass is 10.4. The minimum atomic E-state index is -0.878. The molecule has 0 aliphatic rings. The average Bonchev–Trinajstić information content (AvgIpc) is 2.44. The number of hydrogen-bond acceptors (Lipinski definition) is 3. The van der Waals surface area contributed by atoms with Crippen molar-refractivity contribution >= 4 is 39.6 Å². The largest absolute Gasteiger partial charge is 0.480 e. The number of aromatic nitrogens is 3. The van der Waals surface area contributed by atoms with Crippen LogP contribution in [0.1, 0.15) is 0 Å². The molecule has 0 aliphatic carbocycles. The summed E-state index contributed by atoms with van der Waals surface area (Å²) in [4.78, 5) is 18.5. The first-order valence-electron chi connectivity index (χ1n) is 3.84. The first-order chi connectivity index (χ1) is 6.68. The SMILES string of the molecule is O=C(O)Cn1cc(I)c2cncnc21. The van der Waals surface area contributed by atoms with Crippen molar-refractivity contribution in [3.05, 3.63) is 22.3 Å². The standard InChI is InChI=1S/C8H6IN3O2/c9-6-2-12(3-7(13)14)8-5(6)1-10-4-11-8/h1-2,4H,3H2,(H,13,14). The fourth-order valence-corrected chi connectivity index (χ4v) is 1.97. The molecule has 0 atom stereocenters. The quantitative estimate of drug-likeness (QED) is 0.844. The Hall–Kier alpha value is -1.18. The molecular formula is C8H6IN3O2. The third kappa shape index (κ3) is 1.57. The number of halogens is 1. The van der Waals surface area contributed by atoms with Crippen LogP contribution in [0.5, 0.6) is 0 Å². The van der Waals surface area contributed by atoms with E-state index in [2.05, 4.69) is 32.6 Å². The number of nitrogens with zero attached hydrogens (tertiary/aromatic N) is 3. The molecule has 0 radical (unpaired) electrons. The van der Waals surface area contributed by atoms with E-state index in [0.29, 0.717) is 5.65 Å². The minimum absolute atomic E-state index is 0.0729. The lowest BCUT2D eigenvalue weighted by molar-refractivity contribution is -0.137. The van der Waals surface area contributed by atoms with Crippen LogP contribution in [0.4, 0.5) is 0 Å². The van der Waals surface area contributed by atoms with Crippen molar-refractivity contribution in [2.24, 2.45) is 0 Å². The van der Waals surface area contributed by atoms with Gasteiger partial charge in [0, 0.05) is 16.0 Å². The van der Waals surface area contributed by atoms with Crippen molar-refractivity contribution in [3.63, 3.8) is 0 Å². The number of fused-ring (bicyclic) bond motifs is 1. The first-order valence-corrected chi connectivity index (χ1v) is 4.92. The Morgan fingerprint density at radius 1 is 1.64 bits per heavy atom. The molecule has 1 N–H and O–H groups in total. The molecule has 2 aromatic rings. The second-order valence-electron chi connectivity index (χ2n) is 2.76. The van der Waals surface area contributed by atoms with Crippen LogP contribution in [0.25, 0.3) is 11.0 Å². The molecule has 0 saturated heterocycles. The number of carboxylic acids is 1. The van der Waals surface area contributed by atoms with Crippen molar-refractivity contribution in [2.45, 2.75) is 6.54 Å². The summed E-state index contributed by atoms with van der Waals surface area (Å²) in [5, 5.41) is 9.55. The van der Waals surface area contributed by atoms with E-state index in [1.165, 1.54) is 6.33 Å². The second kappa shape index (κ2) is 3.52. The molecule has 2 rings (SSSR count). The maximum absolute atomic E-state index is 10.6. The zero-order valence-electron chi connectivity index (χ0n) is 7.01. The van der Waals surface area contributed by atoms with Gasteiger partial charge in [-0.25, -0.2) is 9.97 Å². The van der Waals surface area contributed by atoms with E-state index in [1.807, 2.05) is 0 Å². The van der Waals surface area contributed by atoms with Crippen LogP contribution in [-0.4, -0.2) is 25.6 Å². The summed E-state index contributed by atoms with van der Waals surface area (Å²) in [5.41, 5.74) is 0.659. The molecule has 0 spiro atoms. The fraction of sp³-hybridized carbons (Fsp3) is 0.125. The van der Waals surface area contributed by atoms with Gasteiger partial charge in [-0.2, -0.15) is 0 Å². The highest BCUT2D eigenvalue weighted by Crippen LogP contribution is 2.19. The van der Waals surface area contributed by atoms with Crippen LogP contribution in [0.3, 0.4) is 0 Å². The summed E-state index contributed by atoms with van der Waals surface area (Å²) in [6.45, 7) is -0.0729. The van der Waals surface area contributed by atoms with Gasteiger partial charge < -0.3 is 9.67 Å². The highest BCUT2D eigenvalue weighted by Gasteiger charge is 2.09. The fourth-order valence-electron chi connectivity index (χ4n) is 1.25. The van der Waals surface area contributed by atoms with E-state index >= 15 is 0 Å². The molecule has 0 aliphatic heterocycles. The van der Waals surface area contributed by atoms with Gasteiger partial charge in [0.25, 0.3) is 0 Å². The predicted molar refractivity (Wildman–Crippen MR) is 57.9 cm³/mol. The average molecular weight is 303 g/mol. The molecule has 0 unspecified atom stereocenters. The van der Waals surface area contributed by atoms with Gasteiger partial charge in [-0.3, -0.25) is 4.79 Å². The Labute approximate surface area is 92.9 Å². The molecular weight excluding hydrogens is 297 g/mol. The van der Waals surface area contributed by atoms with Gasteiger partial charge in [0.15, 0.2) is 0 Å². The zero-order valence-corrected chi connectivity index (χ0v) is 9.17. The monoisotopic (exact) mass is 303 g/mol. The third-order valence-electron chi connectivity index (χ3n) is 1.80. The van der Waals surface area contributed by atoms with Gasteiger partial charge in [-0.15, -0.1) is 0 Å². The predicted octanol–water partition coefficient (Wildman–Crippen LogP) is 1.12. The maximum atomic E-state index is 10.6. The Kier molecular flexibility index (Phi) is 2.36. The van der Waals surface area contributed by atoms with Crippen LogP contribution >= 0.6 is 22.6 Å². The summed E-state index contributed by atoms with van der Waals surface area (Å²) in [6, 6.07) is 0. The molecule has 72 valence electrons. The van der Waals surface area contributed by atoms with Gasteiger partial charge in [0.2, 0.25) is 0 Å². The second-order valence-corrected chi connectivity index (χ2v) is 3.92. The molecule has 2 aromatic heterocycles. The Balaban J connectivity index is 2.60. The van der Waals surface area contributed by atoms with E-state index in [-0.39, 0.29) is 6.54 Å². The van der Waals surface area contributed by atoms with Crippen LogP contribution in [-0.2, 0) is 11.3 Å². The molecule has 2 heterocycles. The molecule has 0 bridgehead atoms. The van der Waals surface area contributed by atoms with E-state index in [1.54, 1.807) is 17.0 Å². The van der Waals surface area contributed by atoms with Crippen molar-refractivity contribution in [1.82, 2.24) is 14.5 Å². The zero-order chi connectivity index (χ0) is 10.1. The number of aliphatic carboxylic acids is 1. The van der Waals surface area contributed by atoms with Crippen molar-refractivity contribution in [2.75, 3.05) is 0 Å². The van der Waals surface area contributed by atoms with Crippen molar-refractivity contribution in [1.29, 1.82) is 0 Å². The van der Waals surface area contributed by atoms with Gasteiger partial charge in [0.05, 0.1) is 5.39 Å². The lowest BCUT2D eigenvalue weighted by Gasteiger charge is -1.98. The number of carbonyl (C=O) groups is 1. The highest BCUT2D eigenvalue weighted by atomic mass is 127. The minimum Gasteiger partial charge on any atom is -0.480 e. The van der Waals surface area contributed by atoms with Crippen LogP contribution < -0.4 is 0 Å². The molecule has 0 fully saturated rings. The summed E-state index contributed by atoms with van der Waals surface area (Å²) in [6.07, 6.45) is 4.85. The van der Waals surface area contributed by atoms with Crippen LogP contribution in [0.2, 0.25) is 0 Å². The summed E-state index contributed by atoms with van der Waals surface area (Å²) in [5.74, 6) is -0.878. The van der Waals surface area contributed by atoms with Crippen molar-refractivity contribution < 1.29 is 9.90 Å². The molecule has 0 saturated carbocycles. The van der Waals surface area contributed by atoms with E-state index in [4.69, 9.17) is 5.11 Å². The smallest absolute Gasteiger partial charge is 0.323 e. The summed E-state index contributed by atoms with van der Waals surface area (Å²) >= 11 is 2.13. The lowest BCUT2D eigenvalue weighted by Crippen LogP contribution is -2.07. The molecule has 5 nitrogen and oxygen atoms in total. The topological polar surface area (TPSA) is 68.0 Å². The van der Waals surface area contributed by atoms with Gasteiger partial charge >= 0.3 is 5.97 Å². The Bertz CT molecular complexity index is 494. The van der Waals surface area contributed by atoms with Gasteiger partial charge in [0.1, 0.15) is 18.5 Å². The van der Waals surface area contributed by atoms with Gasteiger partial charge in [-0.1, -0.05) is 0 Å². The molecule has 0 aromatic carbocycles.